The van der Waals surface area contributed by atoms with Gasteiger partial charge in [-0.15, -0.1) is 0 Å². The van der Waals surface area contributed by atoms with E-state index in [2.05, 4.69) is 10.2 Å². The molecule has 174 valence electrons. The van der Waals surface area contributed by atoms with Gasteiger partial charge >= 0.3 is 6.18 Å². The predicted octanol–water partition coefficient (Wildman–Crippen LogP) is 4.40. The topological polar surface area (TPSA) is 50.8 Å². The van der Waals surface area contributed by atoms with Crippen LogP contribution in [-0.2, 0) is 15.7 Å². The third kappa shape index (κ3) is 6.46. The third-order valence-electron chi connectivity index (χ3n) is 5.78. The van der Waals surface area contributed by atoms with Crippen molar-refractivity contribution in [2.45, 2.75) is 31.5 Å². The first-order valence-electron chi connectivity index (χ1n) is 10.7. The molecular weight excluding hydrogens is 421 g/mol. The zero-order chi connectivity index (χ0) is 23.1. The van der Waals surface area contributed by atoms with Crippen molar-refractivity contribution in [1.29, 1.82) is 0 Å². The Hall–Kier alpha value is -2.58. The van der Waals surface area contributed by atoms with Gasteiger partial charge in [-0.3, -0.25) is 9.69 Å². The maximum atomic E-state index is 12.8. The molecule has 32 heavy (non-hydrogen) atoms. The number of ether oxygens (including phenoxy) is 2. The fourth-order valence-electron chi connectivity index (χ4n) is 3.85. The molecule has 1 aliphatic rings. The average molecular weight is 451 g/mol. The van der Waals surface area contributed by atoms with Gasteiger partial charge in [0, 0.05) is 26.1 Å². The van der Waals surface area contributed by atoms with E-state index >= 15 is 0 Å². The summed E-state index contributed by atoms with van der Waals surface area (Å²) in [6.45, 7) is 5.11. The van der Waals surface area contributed by atoms with Gasteiger partial charge in [-0.25, -0.2) is 0 Å². The standard InChI is InChI=1S/C24H29F3N2O3/c1-17(18-3-7-20(8-4-18)24(25,26)27)15-23(30)28-16-22(29-11-13-32-14-12-29)19-5-9-21(31-2)10-6-19/h3-10,17,22H,11-16H2,1-2H3,(H,28,30). The van der Waals surface area contributed by atoms with Gasteiger partial charge in [-0.1, -0.05) is 31.2 Å². The Balaban J connectivity index is 1.61. The second-order valence-corrected chi connectivity index (χ2v) is 7.97. The average Bonchev–Trinajstić information content (AvgIpc) is 2.80. The molecular formula is C24H29F3N2O3. The highest BCUT2D eigenvalue weighted by Gasteiger charge is 2.30. The highest BCUT2D eigenvalue weighted by atomic mass is 19.4. The van der Waals surface area contributed by atoms with Crippen LogP contribution < -0.4 is 10.1 Å². The summed E-state index contributed by atoms with van der Waals surface area (Å²) in [5.41, 5.74) is 1.09. The number of morpholine rings is 1. The fraction of sp³-hybridized carbons (Fsp3) is 0.458. The highest BCUT2D eigenvalue weighted by molar-refractivity contribution is 5.76. The van der Waals surface area contributed by atoms with Crippen LogP contribution in [0.5, 0.6) is 5.75 Å². The van der Waals surface area contributed by atoms with Crippen LogP contribution in [0.25, 0.3) is 0 Å². The monoisotopic (exact) mass is 450 g/mol. The van der Waals surface area contributed by atoms with Crippen molar-refractivity contribution in [2.75, 3.05) is 40.0 Å². The van der Waals surface area contributed by atoms with E-state index in [9.17, 15) is 18.0 Å². The van der Waals surface area contributed by atoms with Crippen LogP contribution in [-0.4, -0.2) is 50.8 Å². The number of amides is 1. The van der Waals surface area contributed by atoms with Gasteiger partial charge in [-0.05, 0) is 41.3 Å². The molecule has 1 fully saturated rings. The van der Waals surface area contributed by atoms with E-state index in [-0.39, 0.29) is 24.3 Å². The molecule has 1 saturated heterocycles. The second-order valence-electron chi connectivity index (χ2n) is 7.97. The maximum Gasteiger partial charge on any atom is 0.416 e. The number of nitrogens with one attached hydrogen (secondary N) is 1. The van der Waals surface area contributed by atoms with Crippen molar-refractivity contribution in [3.05, 3.63) is 65.2 Å². The van der Waals surface area contributed by atoms with Gasteiger partial charge in [0.1, 0.15) is 5.75 Å². The van der Waals surface area contributed by atoms with Gasteiger partial charge in [0.25, 0.3) is 0 Å². The van der Waals surface area contributed by atoms with Gasteiger partial charge in [0.05, 0.1) is 31.9 Å². The number of methoxy groups -OCH3 is 1. The first-order valence-corrected chi connectivity index (χ1v) is 10.7. The molecule has 0 aliphatic carbocycles. The molecule has 0 saturated carbocycles. The van der Waals surface area contributed by atoms with E-state index in [1.807, 2.05) is 31.2 Å². The third-order valence-corrected chi connectivity index (χ3v) is 5.78. The molecule has 1 amide bonds. The quantitative estimate of drug-likeness (QED) is 0.648. The Morgan fingerprint density at radius 1 is 1.06 bits per heavy atom. The van der Waals surface area contributed by atoms with Crippen molar-refractivity contribution >= 4 is 5.91 Å². The molecule has 1 aliphatic heterocycles. The Kier molecular flexibility index (Phi) is 8.15. The number of hydrogen-bond donors (Lipinski definition) is 1. The Morgan fingerprint density at radius 2 is 1.66 bits per heavy atom. The molecule has 2 aromatic rings. The van der Waals surface area contributed by atoms with Crippen molar-refractivity contribution in [3.8, 4) is 5.75 Å². The lowest BCUT2D eigenvalue weighted by atomic mass is 9.96. The SMILES string of the molecule is COc1ccc(C(CNC(=O)CC(C)c2ccc(C(F)(F)F)cc2)N2CCOCC2)cc1. The molecule has 0 radical (unpaired) electrons. The number of rotatable bonds is 8. The lowest BCUT2D eigenvalue weighted by molar-refractivity contribution is -0.137. The molecule has 0 aromatic heterocycles. The lowest BCUT2D eigenvalue weighted by Crippen LogP contribution is -2.43. The van der Waals surface area contributed by atoms with Crippen LogP contribution >= 0.6 is 0 Å². The van der Waals surface area contributed by atoms with Crippen molar-refractivity contribution < 1.29 is 27.4 Å². The van der Waals surface area contributed by atoms with Crippen molar-refractivity contribution in [1.82, 2.24) is 10.2 Å². The summed E-state index contributed by atoms with van der Waals surface area (Å²) in [6.07, 6.45) is -4.17. The Morgan fingerprint density at radius 3 is 2.22 bits per heavy atom. The van der Waals surface area contributed by atoms with Crippen LogP contribution in [0.1, 0.15) is 42.0 Å². The van der Waals surface area contributed by atoms with E-state index in [0.29, 0.717) is 25.3 Å². The minimum atomic E-state index is -4.37. The number of hydrogen-bond acceptors (Lipinski definition) is 4. The lowest BCUT2D eigenvalue weighted by Gasteiger charge is -2.35. The molecule has 8 heteroatoms. The smallest absolute Gasteiger partial charge is 0.416 e. The van der Waals surface area contributed by atoms with Gasteiger partial charge < -0.3 is 14.8 Å². The number of carbonyl (C=O) groups excluding carboxylic acids is 1. The largest absolute Gasteiger partial charge is 0.497 e. The number of benzene rings is 2. The maximum absolute atomic E-state index is 12.8. The minimum absolute atomic E-state index is 0.00451. The Bertz CT molecular complexity index is 864. The normalized spacial score (nSPS) is 16.9. The van der Waals surface area contributed by atoms with Crippen LogP contribution in [0.15, 0.2) is 48.5 Å². The summed E-state index contributed by atoms with van der Waals surface area (Å²) in [7, 11) is 1.62. The molecule has 0 spiro atoms. The van der Waals surface area contributed by atoms with E-state index < -0.39 is 11.7 Å². The van der Waals surface area contributed by atoms with Crippen LogP contribution in [0.4, 0.5) is 13.2 Å². The number of alkyl halides is 3. The molecule has 2 atom stereocenters. The number of halogens is 3. The summed E-state index contributed by atoms with van der Waals surface area (Å²) in [5.74, 6) is 0.438. The van der Waals surface area contributed by atoms with Gasteiger partial charge in [0.15, 0.2) is 0 Å². The van der Waals surface area contributed by atoms with E-state index in [4.69, 9.17) is 9.47 Å². The van der Waals surface area contributed by atoms with Crippen molar-refractivity contribution in [2.24, 2.45) is 0 Å². The molecule has 1 N–H and O–H groups in total. The van der Waals surface area contributed by atoms with E-state index in [1.165, 1.54) is 12.1 Å². The molecule has 0 bridgehead atoms. The molecule has 2 unspecified atom stereocenters. The highest BCUT2D eigenvalue weighted by Crippen LogP contribution is 2.30. The Labute approximate surface area is 186 Å². The van der Waals surface area contributed by atoms with Crippen LogP contribution in [0, 0.1) is 0 Å². The summed E-state index contributed by atoms with van der Waals surface area (Å²) in [4.78, 5) is 14.9. The molecule has 5 nitrogen and oxygen atoms in total. The number of carbonyl (C=O) groups is 1. The molecule has 3 rings (SSSR count). The summed E-state index contributed by atoms with van der Waals surface area (Å²) in [5, 5.41) is 3.01. The first kappa shape index (κ1) is 24.1. The van der Waals surface area contributed by atoms with Crippen LogP contribution in [0.2, 0.25) is 0 Å². The van der Waals surface area contributed by atoms with Gasteiger partial charge in [0.2, 0.25) is 5.91 Å². The summed E-state index contributed by atoms with van der Waals surface area (Å²) < 4.78 is 49.0. The second kappa shape index (κ2) is 10.8. The van der Waals surface area contributed by atoms with Gasteiger partial charge in [-0.2, -0.15) is 13.2 Å². The zero-order valence-corrected chi connectivity index (χ0v) is 18.3. The van der Waals surface area contributed by atoms with E-state index in [1.54, 1.807) is 7.11 Å². The summed E-state index contributed by atoms with van der Waals surface area (Å²) >= 11 is 0. The fourth-order valence-corrected chi connectivity index (χ4v) is 3.85. The first-order chi connectivity index (χ1) is 15.3. The number of nitrogens with zero attached hydrogens (tertiary/aromatic N) is 1. The predicted molar refractivity (Wildman–Crippen MR) is 116 cm³/mol. The zero-order valence-electron chi connectivity index (χ0n) is 18.3. The van der Waals surface area contributed by atoms with E-state index in [0.717, 1.165) is 36.5 Å². The molecule has 2 aromatic carbocycles. The van der Waals surface area contributed by atoms with Crippen molar-refractivity contribution in [3.63, 3.8) is 0 Å². The summed E-state index contributed by atoms with van der Waals surface area (Å²) in [6, 6.07) is 12.8. The van der Waals surface area contributed by atoms with Crippen LogP contribution in [0.3, 0.4) is 0 Å². The molecule has 1 heterocycles. The minimum Gasteiger partial charge on any atom is -0.497 e.